The molecule has 8 heteroatoms. The van der Waals surface area contributed by atoms with Gasteiger partial charge in [0.05, 0.1) is 49.2 Å². The van der Waals surface area contributed by atoms with E-state index in [0.29, 0.717) is 11.3 Å². The molecule has 0 saturated heterocycles. The standard InChI is InChI=1S/C31H27N3O4S/c1-36-24-12-10-22(11-13-24)29-17-27(26-7-3-4-8-28(26)33-29)31(35)34-32-18-21-9-14-30(37-2)23(16-21)19-39-20-25-6-5-15-38-25/h3-18H,19-20H2,1-2H3,(H,34,35)/b32-18+. The topological polar surface area (TPSA) is 86.0 Å². The summed E-state index contributed by atoms with van der Waals surface area (Å²) in [6, 6.07) is 26.6. The zero-order valence-electron chi connectivity index (χ0n) is 21.6. The number of hydrazone groups is 1. The van der Waals surface area contributed by atoms with Gasteiger partial charge in [0, 0.05) is 22.3 Å². The summed E-state index contributed by atoms with van der Waals surface area (Å²) in [5.74, 6) is 3.68. The van der Waals surface area contributed by atoms with Crippen LogP contribution in [0, 0.1) is 0 Å². The number of fused-ring (bicyclic) bond motifs is 1. The minimum absolute atomic E-state index is 0.317. The lowest BCUT2D eigenvalue weighted by atomic mass is 10.0. The number of carbonyl (C=O) groups is 1. The van der Waals surface area contributed by atoms with Gasteiger partial charge in [-0.25, -0.2) is 10.4 Å². The van der Waals surface area contributed by atoms with Gasteiger partial charge in [-0.3, -0.25) is 4.79 Å². The zero-order valence-corrected chi connectivity index (χ0v) is 22.4. The van der Waals surface area contributed by atoms with E-state index >= 15 is 0 Å². The molecule has 5 aromatic rings. The molecule has 1 N–H and O–H groups in total. The maximum absolute atomic E-state index is 13.2. The van der Waals surface area contributed by atoms with Crippen LogP contribution in [0.3, 0.4) is 0 Å². The second kappa shape index (κ2) is 12.3. The van der Waals surface area contributed by atoms with E-state index in [1.165, 1.54) is 0 Å². The van der Waals surface area contributed by atoms with Gasteiger partial charge in [0.25, 0.3) is 5.91 Å². The molecule has 39 heavy (non-hydrogen) atoms. The summed E-state index contributed by atoms with van der Waals surface area (Å²) < 4.78 is 16.2. The van der Waals surface area contributed by atoms with Crippen molar-refractivity contribution in [3.8, 4) is 22.8 Å². The lowest BCUT2D eigenvalue weighted by Crippen LogP contribution is -2.18. The van der Waals surface area contributed by atoms with Crippen molar-refractivity contribution in [2.75, 3.05) is 14.2 Å². The number of hydrogen-bond acceptors (Lipinski definition) is 7. The lowest BCUT2D eigenvalue weighted by Gasteiger charge is -2.10. The van der Waals surface area contributed by atoms with Crippen molar-refractivity contribution in [1.82, 2.24) is 10.4 Å². The Kier molecular flexibility index (Phi) is 8.23. The quantitative estimate of drug-likeness (QED) is 0.157. The van der Waals surface area contributed by atoms with Crippen LogP contribution in [0.25, 0.3) is 22.2 Å². The van der Waals surface area contributed by atoms with Gasteiger partial charge >= 0.3 is 0 Å². The first-order valence-corrected chi connectivity index (χ1v) is 13.4. The van der Waals surface area contributed by atoms with E-state index in [4.69, 9.17) is 18.9 Å². The monoisotopic (exact) mass is 537 g/mol. The van der Waals surface area contributed by atoms with Crippen LogP contribution in [0.15, 0.2) is 101 Å². The Hall–Kier alpha value is -4.56. The van der Waals surface area contributed by atoms with Crippen molar-refractivity contribution in [1.29, 1.82) is 0 Å². The number of benzene rings is 3. The third kappa shape index (κ3) is 6.30. The summed E-state index contributed by atoms with van der Waals surface area (Å²) in [4.78, 5) is 18.0. The predicted molar refractivity (Wildman–Crippen MR) is 155 cm³/mol. The number of hydrogen-bond donors (Lipinski definition) is 1. The highest BCUT2D eigenvalue weighted by Crippen LogP contribution is 2.27. The number of furan rings is 1. The summed E-state index contributed by atoms with van der Waals surface area (Å²) in [6.45, 7) is 0. The van der Waals surface area contributed by atoms with Crippen molar-refractivity contribution < 1.29 is 18.7 Å². The lowest BCUT2D eigenvalue weighted by molar-refractivity contribution is 0.0956. The molecule has 0 aliphatic rings. The zero-order chi connectivity index (χ0) is 27.0. The van der Waals surface area contributed by atoms with E-state index in [-0.39, 0.29) is 5.91 Å². The summed E-state index contributed by atoms with van der Waals surface area (Å²) in [5.41, 5.74) is 7.36. The van der Waals surface area contributed by atoms with Gasteiger partial charge in [-0.1, -0.05) is 18.2 Å². The molecule has 0 aliphatic carbocycles. The number of methoxy groups -OCH3 is 2. The van der Waals surface area contributed by atoms with E-state index in [0.717, 1.165) is 56.4 Å². The molecule has 0 atom stereocenters. The third-order valence-electron chi connectivity index (χ3n) is 6.11. The number of carbonyl (C=O) groups excluding carboxylic acids is 1. The number of nitrogens with one attached hydrogen (secondary N) is 1. The van der Waals surface area contributed by atoms with Crippen molar-refractivity contribution in [2.45, 2.75) is 11.5 Å². The summed E-state index contributed by atoms with van der Waals surface area (Å²) in [7, 11) is 3.28. The average molecular weight is 538 g/mol. The van der Waals surface area contributed by atoms with Crippen LogP contribution in [0.5, 0.6) is 11.5 Å². The molecule has 7 nitrogen and oxygen atoms in total. The third-order valence-corrected chi connectivity index (χ3v) is 7.12. The average Bonchev–Trinajstić information content (AvgIpc) is 3.50. The van der Waals surface area contributed by atoms with Gasteiger partial charge in [-0.2, -0.15) is 5.10 Å². The fourth-order valence-corrected chi connectivity index (χ4v) is 5.06. The Morgan fingerprint density at radius 2 is 1.82 bits per heavy atom. The molecule has 2 heterocycles. The van der Waals surface area contributed by atoms with Gasteiger partial charge in [0.15, 0.2) is 0 Å². The minimum atomic E-state index is -0.317. The Bertz CT molecular complexity index is 1600. The molecule has 0 bridgehead atoms. The number of para-hydroxylation sites is 1. The van der Waals surface area contributed by atoms with Gasteiger partial charge in [-0.15, -0.1) is 11.8 Å². The number of amides is 1. The van der Waals surface area contributed by atoms with Crippen molar-refractivity contribution in [3.63, 3.8) is 0 Å². The first-order valence-electron chi connectivity index (χ1n) is 12.3. The number of ether oxygens (including phenoxy) is 2. The maximum atomic E-state index is 13.2. The van der Waals surface area contributed by atoms with Crippen molar-refractivity contribution >= 4 is 34.8 Å². The largest absolute Gasteiger partial charge is 0.497 e. The second-order valence-corrected chi connectivity index (χ2v) is 9.63. The Morgan fingerprint density at radius 3 is 2.59 bits per heavy atom. The fraction of sp³-hybridized carbons (Fsp3) is 0.129. The highest BCUT2D eigenvalue weighted by Gasteiger charge is 2.14. The second-order valence-electron chi connectivity index (χ2n) is 8.64. The van der Waals surface area contributed by atoms with Gasteiger partial charge in [0.1, 0.15) is 17.3 Å². The smallest absolute Gasteiger partial charge is 0.272 e. The number of nitrogens with zero attached hydrogens (tertiary/aromatic N) is 2. The molecule has 0 fully saturated rings. The molecule has 0 aliphatic heterocycles. The minimum Gasteiger partial charge on any atom is -0.497 e. The normalized spacial score (nSPS) is 11.1. The van der Waals surface area contributed by atoms with Gasteiger partial charge in [-0.05, 0) is 72.3 Å². The molecular weight excluding hydrogens is 510 g/mol. The molecule has 0 radical (unpaired) electrons. The van der Waals surface area contributed by atoms with E-state index in [9.17, 15) is 4.79 Å². The molecule has 1 amide bonds. The van der Waals surface area contributed by atoms with Crippen LogP contribution in [0.4, 0.5) is 0 Å². The number of aromatic nitrogens is 1. The van der Waals surface area contributed by atoms with Crippen LogP contribution in [-0.2, 0) is 11.5 Å². The molecular formula is C31H27N3O4S. The first-order chi connectivity index (χ1) is 19.1. The summed E-state index contributed by atoms with van der Waals surface area (Å²) in [5, 5.41) is 5.00. The highest BCUT2D eigenvalue weighted by molar-refractivity contribution is 7.97. The Morgan fingerprint density at radius 1 is 0.974 bits per heavy atom. The van der Waals surface area contributed by atoms with E-state index in [1.807, 2.05) is 78.9 Å². The van der Waals surface area contributed by atoms with Crippen molar-refractivity contribution in [2.24, 2.45) is 5.10 Å². The van der Waals surface area contributed by atoms with E-state index in [1.54, 1.807) is 44.5 Å². The molecule has 196 valence electrons. The number of rotatable bonds is 10. The molecule has 0 unspecified atom stereocenters. The van der Waals surface area contributed by atoms with Crippen LogP contribution in [-0.4, -0.2) is 31.3 Å². The Balaban J connectivity index is 1.33. The Labute approximate surface area is 230 Å². The number of thioether (sulfide) groups is 1. The molecule has 0 spiro atoms. The van der Waals surface area contributed by atoms with E-state index < -0.39 is 0 Å². The van der Waals surface area contributed by atoms with Gasteiger partial charge in [0.2, 0.25) is 0 Å². The first kappa shape index (κ1) is 26.1. The van der Waals surface area contributed by atoms with Crippen LogP contribution in [0.2, 0.25) is 0 Å². The predicted octanol–water partition coefficient (Wildman–Crippen LogP) is 6.71. The molecule has 5 rings (SSSR count). The molecule has 0 saturated carbocycles. The van der Waals surface area contributed by atoms with Crippen LogP contribution < -0.4 is 14.9 Å². The SMILES string of the molecule is COc1ccc(-c2cc(C(=O)N/N=C/c3ccc(OC)c(CSCc4ccco4)c3)c3ccccc3n2)cc1. The highest BCUT2D eigenvalue weighted by atomic mass is 32.2. The maximum Gasteiger partial charge on any atom is 0.272 e. The van der Waals surface area contributed by atoms with Crippen LogP contribution in [0.1, 0.15) is 27.2 Å². The molecule has 3 aromatic carbocycles. The van der Waals surface area contributed by atoms with Gasteiger partial charge < -0.3 is 13.9 Å². The number of pyridine rings is 1. The summed E-state index contributed by atoms with van der Waals surface area (Å²) in [6.07, 6.45) is 3.31. The molecule has 2 aromatic heterocycles. The van der Waals surface area contributed by atoms with Crippen molar-refractivity contribution in [3.05, 3.63) is 114 Å². The summed E-state index contributed by atoms with van der Waals surface area (Å²) >= 11 is 1.73. The fourth-order valence-electron chi connectivity index (χ4n) is 4.15. The van der Waals surface area contributed by atoms with E-state index in [2.05, 4.69) is 10.5 Å². The van der Waals surface area contributed by atoms with Crippen LogP contribution >= 0.6 is 11.8 Å².